The second-order valence-corrected chi connectivity index (χ2v) is 18.4. The Morgan fingerprint density at radius 1 is 0.352 bits per heavy atom. The fourth-order valence-corrected chi connectivity index (χ4v) is 11.3. The van der Waals surface area contributed by atoms with E-state index in [1.54, 1.807) is 0 Å². The quantitative estimate of drug-likeness (QED) is 0.142. The van der Waals surface area contributed by atoms with Gasteiger partial charge in [0, 0.05) is 67.9 Å². The summed E-state index contributed by atoms with van der Waals surface area (Å²) in [5, 5.41) is 2.24. The van der Waals surface area contributed by atoms with Gasteiger partial charge in [-0.3, -0.25) is 0 Å². The number of hydrogen-bond donors (Lipinski definition) is 0. The molecule has 0 radical (unpaired) electrons. The third kappa shape index (κ3) is 6.77. The van der Waals surface area contributed by atoms with Crippen LogP contribution in [0.25, 0.3) is 66.4 Å². The van der Waals surface area contributed by atoms with Gasteiger partial charge in [0.05, 0.1) is 0 Å². The lowest BCUT2D eigenvalue weighted by atomic mass is 9.43. The highest BCUT2D eigenvalue weighted by Crippen LogP contribution is 2.52. The van der Waals surface area contributed by atoms with Crippen molar-refractivity contribution in [2.24, 2.45) is 0 Å². The van der Waals surface area contributed by atoms with Gasteiger partial charge in [-0.2, -0.15) is 0 Å². The molecule has 0 unspecified atom stereocenters. The lowest BCUT2D eigenvalue weighted by Gasteiger charge is -2.46. The largest absolute Gasteiger partial charge is 0.456 e. The van der Waals surface area contributed by atoms with Crippen LogP contribution in [0.2, 0.25) is 0 Å². The van der Waals surface area contributed by atoms with Crippen molar-refractivity contribution in [3.05, 3.63) is 267 Å². The summed E-state index contributed by atoms with van der Waals surface area (Å²) in [5.41, 5.74) is 22.2. The van der Waals surface area contributed by atoms with Crippen LogP contribution in [0.4, 0.5) is 45.5 Å². The Labute approximate surface area is 413 Å². The van der Waals surface area contributed by atoms with E-state index in [0.29, 0.717) is 0 Å². The van der Waals surface area contributed by atoms with Gasteiger partial charge in [-0.15, -0.1) is 0 Å². The van der Waals surface area contributed by atoms with E-state index in [4.69, 9.17) is 4.42 Å². The number of furan rings is 1. The van der Waals surface area contributed by atoms with Gasteiger partial charge in [-0.25, -0.2) is 0 Å². The molecule has 2 aliphatic heterocycles. The van der Waals surface area contributed by atoms with Crippen molar-refractivity contribution in [1.82, 2.24) is 0 Å². The Balaban J connectivity index is 1.11. The molecule has 12 aromatic rings. The van der Waals surface area contributed by atoms with E-state index in [0.717, 1.165) is 78.6 Å². The zero-order valence-electron chi connectivity index (χ0n) is 38.7. The minimum Gasteiger partial charge on any atom is -0.456 e. The summed E-state index contributed by atoms with van der Waals surface area (Å²) in [7, 11) is 0. The molecule has 0 amide bonds. The van der Waals surface area contributed by atoms with Gasteiger partial charge < -0.3 is 19.0 Å². The van der Waals surface area contributed by atoms with Crippen molar-refractivity contribution in [3.63, 3.8) is 0 Å². The standard InChI is InChI=1S/C66H44BN3O/c1-6-20-45(21-7-1)48-26-18-32-53(40-48)69-60-43-54(68(51-28-12-4-13-29-51)52-30-14-5-15-31-52)37-38-58(60)67-66-61(69)44-63-64(56-34-16-17-35-62(56)71-63)65(66)57-42-50(47-24-10-3-11-25-47)36-39-59(57)70(67)55-33-19-27-49(41-55)46-22-8-2-9-23-46/h1-44H. The number of nitrogens with zero attached hydrogens (tertiary/aromatic N) is 3. The predicted octanol–water partition coefficient (Wildman–Crippen LogP) is 16.8. The summed E-state index contributed by atoms with van der Waals surface area (Å²) in [6, 6.07) is 96.8. The molecule has 0 spiro atoms. The molecule has 14 rings (SSSR count). The lowest BCUT2D eigenvalue weighted by Crippen LogP contribution is -2.61. The van der Waals surface area contributed by atoms with Gasteiger partial charge in [-0.1, -0.05) is 182 Å². The fraction of sp³-hybridized carbons (Fsp3) is 0. The molecule has 0 bridgehead atoms. The molecule has 71 heavy (non-hydrogen) atoms. The highest BCUT2D eigenvalue weighted by Gasteiger charge is 2.47. The van der Waals surface area contributed by atoms with E-state index in [-0.39, 0.29) is 6.85 Å². The van der Waals surface area contributed by atoms with Gasteiger partial charge in [0.15, 0.2) is 0 Å². The summed E-state index contributed by atoms with van der Waals surface area (Å²) in [4.78, 5) is 7.48. The molecule has 0 N–H and O–H groups in total. The van der Waals surface area contributed by atoms with Crippen molar-refractivity contribution >= 4 is 85.2 Å². The Morgan fingerprint density at radius 3 is 1.52 bits per heavy atom. The topological polar surface area (TPSA) is 22.9 Å². The maximum atomic E-state index is 7.02. The van der Waals surface area contributed by atoms with Gasteiger partial charge in [0.2, 0.25) is 0 Å². The van der Waals surface area contributed by atoms with Crippen LogP contribution < -0.4 is 25.5 Å². The van der Waals surface area contributed by atoms with Crippen LogP contribution in [-0.2, 0) is 0 Å². The second-order valence-electron chi connectivity index (χ2n) is 18.4. The molecule has 3 heterocycles. The molecule has 0 saturated carbocycles. The van der Waals surface area contributed by atoms with Crippen LogP contribution in [-0.4, -0.2) is 6.85 Å². The smallest absolute Gasteiger partial charge is 0.333 e. The predicted molar refractivity (Wildman–Crippen MR) is 298 cm³/mol. The first-order valence-electron chi connectivity index (χ1n) is 24.4. The van der Waals surface area contributed by atoms with Crippen LogP contribution >= 0.6 is 0 Å². The van der Waals surface area contributed by atoms with Gasteiger partial charge in [-0.05, 0) is 129 Å². The summed E-state index contributed by atoms with van der Waals surface area (Å²) >= 11 is 0. The molecule has 0 saturated heterocycles. The Morgan fingerprint density at radius 2 is 0.887 bits per heavy atom. The Hall–Kier alpha value is -9.32. The first-order chi connectivity index (χ1) is 35.2. The Bertz CT molecular complexity index is 3910. The number of benzene rings is 11. The first kappa shape index (κ1) is 40.7. The van der Waals surface area contributed by atoms with Crippen molar-refractivity contribution in [2.45, 2.75) is 0 Å². The molecule has 2 aliphatic rings. The number of hydrogen-bond acceptors (Lipinski definition) is 4. The molecule has 332 valence electrons. The third-order valence-corrected chi connectivity index (χ3v) is 14.4. The number of anilines is 8. The average molecular weight is 906 g/mol. The number of rotatable bonds is 8. The monoisotopic (exact) mass is 905 g/mol. The van der Waals surface area contributed by atoms with Crippen molar-refractivity contribution in [1.29, 1.82) is 0 Å². The molecular weight excluding hydrogens is 862 g/mol. The van der Waals surface area contributed by atoms with Crippen molar-refractivity contribution in [2.75, 3.05) is 14.6 Å². The Kier molecular flexibility index (Phi) is 9.59. The molecule has 5 heteroatoms. The van der Waals surface area contributed by atoms with E-state index in [1.165, 1.54) is 44.3 Å². The minimum atomic E-state index is -0.237. The normalized spacial score (nSPS) is 12.4. The maximum absolute atomic E-state index is 7.02. The third-order valence-electron chi connectivity index (χ3n) is 14.4. The zero-order chi connectivity index (χ0) is 46.8. The van der Waals surface area contributed by atoms with Crippen molar-refractivity contribution < 1.29 is 4.42 Å². The highest BCUT2D eigenvalue weighted by atomic mass is 16.3. The first-order valence-corrected chi connectivity index (χ1v) is 24.4. The highest BCUT2D eigenvalue weighted by molar-refractivity contribution is 6.94. The number of fused-ring (bicyclic) bond motifs is 8. The molecule has 1 aromatic heterocycles. The van der Waals surface area contributed by atoms with E-state index in [1.807, 2.05) is 0 Å². The van der Waals surface area contributed by atoms with Crippen molar-refractivity contribution in [3.8, 4) is 44.5 Å². The van der Waals surface area contributed by atoms with Gasteiger partial charge in [0.1, 0.15) is 11.2 Å². The molecule has 0 atom stereocenters. The average Bonchev–Trinajstić information content (AvgIpc) is 3.83. The van der Waals surface area contributed by atoms with E-state index >= 15 is 0 Å². The SMILES string of the molecule is c1ccc(-c2cccc(N3B4c5ccc(N(c6ccccc6)c6ccccc6)cc5N(c5cccc(-c6ccccc6)c5)c5cc6oc7ccccc7c6c(c54)-c4cc(-c5ccccc5)ccc43)c2)cc1. The van der Waals surface area contributed by atoms with Gasteiger partial charge >= 0.3 is 6.85 Å². The molecule has 4 nitrogen and oxygen atoms in total. The number of para-hydroxylation sites is 3. The van der Waals surface area contributed by atoms with Gasteiger partial charge in [0.25, 0.3) is 0 Å². The van der Waals surface area contributed by atoms with Crippen LogP contribution in [0.5, 0.6) is 0 Å². The molecular formula is C66H44BN3O. The van der Waals surface area contributed by atoms with Crippen LogP contribution in [0.3, 0.4) is 0 Å². The van der Waals surface area contributed by atoms with Crippen LogP contribution in [0, 0.1) is 0 Å². The lowest BCUT2D eigenvalue weighted by molar-refractivity contribution is 0.669. The van der Waals surface area contributed by atoms with Crippen LogP contribution in [0.15, 0.2) is 271 Å². The minimum absolute atomic E-state index is 0.237. The summed E-state index contributed by atoms with van der Waals surface area (Å²) < 4.78 is 7.02. The fourth-order valence-electron chi connectivity index (χ4n) is 11.3. The van der Waals surface area contributed by atoms with E-state index in [9.17, 15) is 0 Å². The molecule has 0 fully saturated rings. The molecule has 11 aromatic carbocycles. The zero-order valence-corrected chi connectivity index (χ0v) is 38.7. The van der Waals surface area contributed by atoms with E-state index in [2.05, 4.69) is 282 Å². The van der Waals surface area contributed by atoms with Crippen LogP contribution in [0.1, 0.15) is 0 Å². The summed E-state index contributed by atoms with van der Waals surface area (Å²) in [6.45, 7) is -0.237. The molecule has 0 aliphatic carbocycles. The summed E-state index contributed by atoms with van der Waals surface area (Å²) in [5.74, 6) is 0. The van der Waals surface area contributed by atoms with E-state index < -0.39 is 0 Å². The summed E-state index contributed by atoms with van der Waals surface area (Å²) in [6.07, 6.45) is 0. The maximum Gasteiger partial charge on any atom is 0.333 e. The second kappa shape index (κ2) is 16.7.